The van der Waals surface area contributed by atoms with Crippen LogP contribution in [0.5, 0.6) is 5.75 Å². The van der Waals surface area contributed by atoms with Crippen molar-refractivity contribution in [2.45, 2.75) is 6.18 Å². The van der Waals surface area contributed by atoms with E-state index in [1.54, 1.807) is 30.4 Å². The number of methoxy groups -OCH3 is 1. The quantitative estimate of drug-likeness (QED) is 0.457. The van der Waals surface area contributed by atoms with Crippen LogP contribution in [0.15, 0.2) is 48.7 Å². The van der Waals surface area contributed by atoms with Gasteiger partial charge >= 0.3 is 6.18 Å². The highest BCUT2D eigenvalue weighted by Gasteiger charge is 2.33. The molecule has 0 saturated carbocycles. The molecule has 0 amide bonds. The van der Waals surface area contributed by atoms with Gasteiger partial charge in [0.05, 0.1) is 23.3 Å². The number of alkyl halides is 3. The van der Waals surface area contributed by atoms with Gasteiger partial charge in [0.2, 0.25) is 0 Å². The SMILES string of the molecule is COc1ccc2c(C=Cc3ccc([N+](=O)[O-])cc3)ncc(C(F)(F)F)c2c1. The molecule has 1 aromatic heterocycles. The van der Waals surface area contributed by atoms with Crippen molar-refractivity contribution in [3.63, 3.8) is 0 Å². The second-order valence-electron chi connectivity index (χ2n) is 5.65. The molecule has 27 heavy (non-hydrogen) atoms. The topological polar surface area (TPSA) is 65.3 Å². The van der Waals surface area contributed by atoms with E-state index >= 15 is 0 Å². The third kappa shape index (κ3) is 3.89. The van der Waals surface area contributed by atoms with Crippen LogP contribution in [0.1, 0.15) is 16.8 Å². The third-order valence-corrected chi connectivity index (χ3v) is 3.97. The summed E-state index contributed by atoms with van der Waals surface area (Å²) >= 11 is 0. The molecule has 0 N–H and O–H groups in total. The maximum absolute atomic E-state index is 13.3. The highest BCUT2D eigenvalue weighted by atomic mass is 19.4. The molecule has 1 heterocycles. The normalized spacial score (nSPS) is 11.9. The van der Waals surface area contributed by atoms with Crippen LogP contribution >= 0.6 is 0 Å². The van der Waals surface area contributed by atoms with Gasteiger partial charge in [0.25, 0.3) is 5.69 Å². The van der Waals surface area contributed by atoms with Gasteiger partial charge in [0.1, 0.15) is 5.75 Å². The molecule has 5 nitrogen and oxygen atoms in total. The van der Waals surface area contributed by atoms with Gasteiger partial charge in [-0.25, -0.2) is 0 Å². The predicted octanol–water partition coefficient (Wildman–Crippen LogP) is 5.34. The molecule has 0 aliphatic rings. The van der Waals surface area contributed by atoms with Crippen LogP contribution in [0.2, 0.25) is 0 Å². The van der Waals surface area contributed by atoms with Crippen LogP contribution in [0.3, 0.4) is 0 Å². The average molecular weight is 374 g/mol. The highest BCUT2D eigenvalue weighted by molar-refractivity contribution is 5.94. The van der Waals surface area contributed by atoms with E-state index < -0.39 is 16.7 Å². The number of hydrogen-bond acceptors (Lipinski definition) is 4. The molecule has 0 atom stereocenters. The number of aromatic nitrogens is 1. The minimum absolute atomic E-state index is 0.0137. The van der Waals surface area contributed by atoms with Crippen molar-refractivity contribution < 1.29 is 22.8 Å². The summed E-state index contributed by atoms with van der Waals surface area (Å²) in [6.45, 7) is 0. The number of non-ortho nitro benzene ring substituents is 1. The van der Waals surface area contributed by atoms with Gasteiger partial charge in [-0.1, -0.05) is 6.08 Å². The lowest BCUT2D eigenvalue weighted by atomic mass is 10.0. The minimum atomic E-state index is -4.54. The summed E-state index contributed by atoms with van der Waals surface area (Å²) in [4.78, 5) is 14.1. The Morgan fingerprint density at radius 1 is 1.07 bits per heavy atom. The molecular weight excluding hydrogens is 361 g/mol. The van der Waals surface area contributed by atoms with Crippen molar-refractivity contribution in [3.8, 4) is 5.75 Å². The van der Waals surface area contributed by atoms with Gasteiger partial charge in [-0.15, -0.1) is 0 Å². The number of halogens is 3. The number of benzene rings is 2. The molecule has 0 saturated heterocycles. The van der Waals surface area contributed by atoms with Gasteiger partial charge in [-0.2, -0.15) is 13.2 Å². The molecule has 138 valence electrons. The first-order chi connectivity index (χ1) is 12.8. The summed E-state index contributed by atoms with van der Waals surface area (Å²) < 4.78 is 44.9. The second-order valence-corrected chi connectivity index (χ2v) is 5.65. The molecule has 0 unspecified atom stereocenters. The van der Waals surface area contributed by atoms with Crippen molar-refractivity contribution >= 4 is 28.6 Å². The van der Waals surface area contributed by atoms with Gasteiger partial charge in [-0.3, -0.25) is 15.1 Å². The minimum Gasteiger partial charge on any atom is -0.497 e. The first kappa shape index (κ1) is 18.4. The zero-order valence-electron chi connectivity index (χ0n) is 14.0. The predicted molar refractivity (Wildman–Crippen MR) is 95.3 cm³/mol. The van der Waals surface area contributed by atoms with E-state index in [4.69, 9.17) is 4.74 Å². The van der Waals surface area contributed by atoms with Gasteiger partial charge < -0.3 is 4.74 Å². The number of nitrogens with zero attached hydrogens (tertiary/aromatic N) is 2. The zero-order chi connectivity index (χ0) is 19.6. The van der Waals surface area contributed by atoms with Crippen molar-refractivity contribution in [1.82, 2.24) is 4.98 Å². The summed E-state index contributed by atoms with van der Waals surface area (Å²) in [6, 6.07) is 10.2. The number of fused-ring (bicyclic) bond motifs is 1. The molecule has 0 bridgehead atoms. The molecule has 8 heteroatoms. The fraction of sp³-hybridized carbons (Fsp3) is 0.105. The molecule has 0 fully saturated rings. The number of hydrogen-bond donors (Lipinski definition) is 0. The Bertz CT molecular complexity index is 1030. The first-order valence-corrected chi connectivity index (χ1v) is 7.76. The molecule has 0 spiro atoms. The van der Waals surface area contributed by atoms with E-state index in [9.17, 15) is 23.3 Å². The van der Waals surface area contributed by atoms with Crippen molar-refractivity contribution in [3.05, 3.63) is 75.6 Å². The first-order valence-electron chi connectivity index (χ1n) is 7.76. The van der Waals surface area contributed by atoms with E-state index in [1.165, 1.54) is 31.4 Å². The van der Waals surface area contributed by atoms with E-state index in [1.807, 2.05) is 0 Å². The molecular formula is C19H13F3N2O3. The summed E-state index contributed by atoms with van der Waals surface area (Å²) in [5.41, 5.74) is 0.115. The Labute approximate surface area is 151 Å². The third-order valence-electron chi connectivity index (χ3n) is 3.97. The largest absolute Gasteiger partial charge is 0.497 e. The molecule has 0 aliphatic carbocycles. The van der Waals surface area contributed by atoms with E-state index in [2.05, 4.69) is 4.98 Å². The molecule has 3 rings (SSSR count). The Morgan fingerprint density at radius 3 is 2.37 bits per heavy atom. The Kier molecular flexibility index (Phi) is 4.81. The lowest BCUT2D eigenvalue weighted by molar-refractivity contribution is -0.384. The summed E-state index contributed by atoms with van der Waals surface area (Å²) in [7, 11) is 1.38. The zero-order valence-corrected chi connectivity index (χ0v) is 14.0. The number of pyridine rings is 1. The van der Waals surface area contributed by atoms with Gasteiger partial charge in [-0.05, 0) is 42.0 Å². The highest BCUT2D eigenvalue weighted by Crippen LogP contribution is 2.37. The maximum atomic E-state index is 13.3. The Hall–Kier alpha value is -3.42. The summed E-state index contributed by atoms with van der Waals surface area (Å²) in [6.07, 6.45) is -0.561. The van der Waals surface area contributed by atoms with E-state index in [-0.39, 0.29) is 11.1 Å². The lowest BCUT2D eigenvalue weighted by Gasteiger charge is -2.12. The number of nitro benzene ring substituents is 1. The Morgan fingerprint density at radius 2 is 1.78 bits per heavy atom. The molecule has 0 radical (unpaired) electrons. The van der Waals surface area contributed by atoms with E-state index in [0.29, 0.717) is 22.4 Å². The number of rotatable bonds is 4. The van der Waals surface area contributed by atoms with Crippen LogP contribution in [-0.2, 0) is 6.18 Å². The van der Waals surface area contributed by atoms with Crippen LogP contribution in [-0.4, -0.2) is 17.0 Å². The van der Waals surface area contributed by atoms with Crippen LogP contribution in [0.4, 0.5) is 18.9 Å². The summed E-state index contributed by atoms with van der Waals surface area (Å²) in [5, 5.41) is 11.0. The molecule has 0 aliphatic heterocycles. The van der Waals surface area contributed by atoms with Crippen molar-refractivity contribution in [1.29, 1.82) is 0 Å². The standard InChI is InChI=1S/C19H13F3N2O3/c1-27-14-7-8-15-16(10-14)17(19(20,21)22)11-23-18(15)9-4-12-2-5-13(6-3-12)24(25)26/h2-11H,1H3. The second kappa shape index (κ2) is 7.06. The average Bonchev–Trinajstić information content (AvgIpc) is 2.64. The lowest BCUT2D eigenvalue weighted by Crippen LogP contribution is -2.07. The van der Waals surface area contributed by atoms with Gasteiger partial charge in [0.15, 0.2) is 0 Å². The van der Waals surface area contributed by atoms with Crippen LogP contribution < -0.4 is 4.74 Å². The van der Waals surface area contributed by atoms with Crippen molar-refractivity contribution in [2.24, 2.45) is 0 Å². The number of ether oxygens (including phenoxy) is 1. The Balaban J connectivity index is 2.05. The van der Waals surface area contributed by atoms with Crippen LogP contribution in [0.25, 0.3) is 22.9 Å². The van der Waals surface area contributed by atoms with Crippen LogP contribution in [0, 0.1) is 10.1 Å². The monoisotopic (exact) mass is 374 g/mol. The van der Waals surface area contributed by atoms with Crippen molar-refractivity contribution in [2.75, 3.05) is 7.11 Å². The van der Waals surface area contributed by atoms with Gasteiger partial charge in [0, 0.05) is 29.1 Å². The number of nitro groups is 1. The molecule has 3 aromatic rings. The summed E-state index contributed by atoms with van der Waals surface area (Å²) in [5.74, 6) is 0.310. The van der Waals surface area contributed by atoms with E-state index in [0.717, 1.165) is 6.20 Å². The maximum Gasteiger partial charge on any atom is 0.418 e. The molecule has 2 aromatic carbocycles. The fourth-order valence-electron chi connectivity index (χ4n) is 2.61. The fourth-order valence-corrected chi connectivity index (χ4v) is 2.61. The smallest absolute Gasteiger partial charge is 0.418 e.